The van der Waals surface area contributed by atoms with Crippen LogP contribution in [0.2, 0.25) is 5.02 Å². The summed E-state index contributed by atoms with van der Waals surface area (Å²) >= 11 is 6.63. The molecule has 0 aliphatic rings. The molecular formula is C29H29ClN2O2. The Hall–Kier alpha value is -3.08. The number of aliphatic hydroxyl groups is 1. The van der Waals surface area contributed by atoms with Crippen LogP contribution in [0, 0.1) is 19.3 Å². The molecule has 4 aromatic rings. The van der Waals surface area contributed by atoms with Crippen molar-refractivity contribution in [2.24, 2.45) is 5.41 Å². The molecule has 174 valence electrons. The first-order valence-corrected chi connectivity index (χ1v) is 11.8. The van der Waals surface area contributed by atoms with Crippen LogP contribution in [-0.4, -0.2) is 27.5 Å². The van der Waals surface area contributed by atoms with Gasteiger partial charge in [-0.05, 0) is 83.8 Å². The fourth-order valence-corrected chi connectivity index (χ4v) is 4.66. The van der Waals surface area contributed by atoms with E-state index in [-0.39, 0.29) is 17.8 Å². The number of hydrogen-bond donors (Lipinski definition) is 1. The number of rotatable bonds is 7. The second-order valence-electron chi connectivity index (χ2n) is 9.60. The van der Waals surface area contributed by atoms with Gasteiger partial charge in [-0.3, -0.25) is 9.78 Å². The Kier molecular flexibility index (Phi) is 6.83. The molecule has 0 aliphatic heterocycles. The molecule has 4 rings (SSSR count). The van der Waals surface area contributed by atoms with E-state index >= 15 is 0 Å². The van der Waals surface area contributed by atoms with Crippen LogP contribution in [0.3, 0.4) is 0 Å². The lowest BCUT2D eigenvalue weighted by atomic mass is 9.86. The highest BCUT2D eigenvalue weighted by Crippen LogP contribution is 2.40. The van der Waals surface area contributed by atoms with Gasteiger partial charge >= 0.3 is 0 Å². The predicted octanol–water partition coefficient (Wildman–Crippen LogP) is 7.22. The van der Waals surface area contributed by atoms with Crippen LogP contribution >= 0.6 is 11.6 Å². The van der Waals surface area contributed by atoms with Gasteiger partial charge in [0.2, 0.25) is 0 Å². The van der Waals surface area contributed by atoms with Crippen molar-refractivity contribution in [3.63, 3.8) is 0 Å². The Morgan fingerprint density at radius 1 is 1.03 bits per heavy atom. The number of carbonyl (C=O) groups is 1. The molecule has 1 N–H and O–H groups in total. The first-order valence-electron chi connectivity index (χ1n) is 11.5. The monoisotopic (exact) mass is 472 g/mol. The lowest BCUT2D eigenvalue weighted by Gasteiger charge is -2.21. The van der Waals surface area contributed by atoms with Crippen LogP contribution in [0.25, 0.3) is 33.2 Å². The summed E-state index contributed by atoms with van der Waals surface area (Å²) in [7, 11) is 0. The van der Waals surface area contributed by atoms with Crippen molar-refractivity contribution < 1.29 is 9.90 Å². The van der Waals surface area contributed by atoms with Crippen molar-refractivity contribution in [1.82, 2.24) is 9.97 Å². The molecule has 0 atom stereocenters. The first kappa shape index (κ1) is 24.1. The summed E-state index contributed by atoms with van der Waals surface area (Å²) in [5.74, 6) is -0.0368. The zero-order chi connectivity index (χ0) is 24.5. The van der Waals surface area contributed by atoms with E-state index in [1.807, 2.05) is 62.4 Å². The van der Waals surface area contributed by atoms with Crippen LogP contribution < -0.4 is 0 Å². The van der Waals surface area contributed by atoms with Gasteiger partial charge in [0.25, 0.3) is 0 Å². The van der Waals surface area contributed by atoms with Crippen molar-refractivity contribution >= 4 is 28.3 Å². The van der Waals surface area contributed by atoms with Crippen molar-refractivity contribution in [3.05, 3.63) is 82.8 Å². The molecule has 5 heteroatoms. The lowest BCUT2D eigenvalue weighted by Crippen LogP contribution is -2.18. The molecule has 0 saturated carbocycles. The van der Waals surface area contributed by atoms with E-state index in [4.69, 9.17) is 16.6 Å². The van der Waals surface area contributed by atoms with Crippen LogP contribution in [0.15, 0.2) is 60.9 Å². The van der Waals surface area contributed by atoms with Crippen LogP contribution in [0.4, 0.5) is 0 Å². The van der Waals surface area contributed by atoms with Crippen molar-refractivity contribution in [3.8, 4) is 22.3 Å². The average molecular weight is 473 g/mol. The van der Waals surface area contributed by atoms with Gasteiger partial charge in [0.15, 0.2) is 5.78 Å². The molecule has 2 heterocycles. The van der Waals surface area contributed by atoms with Gasteiger partial charge in [0.05, 0.1) is 5.52 Å². The number of Topliss-reactive ketones (excluding diaryl/α,β-unsaturated/α-hetero) is 1. The van der Waals surface area contributed by atoms with Gasteiger partial charge in [0.1, 0.15) is 5.69 Å². The van der Waals surface area contributed by atoms with Crippen LogP contribution in [0.1, 0.15) is 48.3 Å². The van der Waals surface area contributed by atoms with Crippen molar-refractivity contribution in [2.75, 3.05) is 6.61 Å². The fraction of sp³-hybridized carbons (Fsp3) is 0.276. The van der Waals surface area contributed by atoms with E-state index < -0.39 is 0 Å². The molecule has 2 aromatic carbocycles. The number of halogens is 1. The number of benzene rings is 2. The number of aliphatic hydroxyl groups excluding tert-OH is 1. The molecule has 0 spiro atoms. The third-order valence-corrected chi connectivity index (χ3v) is 6.75. The molecular weight excluding hydrogens is 444 g/mol. The molecule has 0 radical (unpaired) electrons. The Morgan fingerprint density at radius 3 is 2.41 bits per heavy atom. The summed E-state index contributed by atoms with van der Waals surface area (Å²) in [5, 5.41) is 11.2. The number of fused-ring (bicyclic) bond motifs is 1. The van der Waals surface area contributed by atoms with Gasteiger partial charge in [0, 0.05) is 41.4 Å². The first-order chi connectivity index (χ1) is 16.2. The third kappa shape index (κ3) is 4.75. The predicted molar refractivity (Wildman–Crippen MR) is 139 cm³/mol. The molecule has 0 unspecified atom stereocenters. The van der Waals surface area contributed by atoms with E-state index in [9.17, 15) is 9.90 Å². The van der Waals surface area contributed by atoms with Gasteiger partial charge in [-0.25, -0.2) is 4.98 Å². The van der Waals surface area contributed by atoms with Crippen LogP contribution in [-0.2, 0) is 0 Å². The molecule has 2 aromatic heterocycles. The Morgan fingerprint density at radius 2 is 1.74 bits per heavy atom. The smallest absolute Gasteiger partial charge is 0.181 e. The average Bonchev–Trinajstić information content (AvgIpc) is 2.83. The number of nitrogens with zero attached hydrogens (tertiary/aromatic N) is 2. The highest BCUT2D eigenvalue weighted by Gasteiger charge is 2.22. The quantitative estimate of drug-likeness (QED) is 0.288. The summed E-state index contributed by atoms with van der Waals surface area (Å²) in [5.41, 5.74) is 7.04. The minimum absolute atomic E-state index is 0.0342. The highest BCUT2D eigenvalue weighted by atomic mass is 35.5. The Balaban J connectivity index is 1.95. The minimum Gasteiger partial charge on any atom is -0.396 e. The van der Waals surface area contributed by atoms with Crippen LogP contribution in [0.5, 0.6) is 0 Å². The number of ketones is 1. The highest BCUT2D eigenvalue weighted by molar-refractivity contribution is 6.33. The van der Waals surface area contributed by atoms with Gasteiger partial charge < -0.3 is 5.11 Å². The second kappa shape index (κ2) is 9.65. The standard InChI is InChI=1S/C29H29ClN2O2/c1-18-15-25-28(19(2)27(18)20-10-13-31-14-11-20)22(21-7-5-6-8-23(21)30)16-24(32-25)26(34)9-12-29(3,4)17-33/h5-8,10-11,13-16,33H,9,12,17H2,1-4H3. The number of hydrogen-bond acceptors (Lipinski definition) is 4. The fourth-order valence-electron chi connectivity index (χ4n) is 4.42. The van der Waals surface area contributed by atoms with Gasteiger partial charge in [-0.15, -0.1) is 0 Å². The van der Waals surface area contributed by atoms with Crippen molar-refractivity contribution in [1.29, 1.82) is 0 Å². The SMILES string of the molecule is Cc1cc2nc(C(=O)CCC(C)(C)CO)cc(-c3ccccc3Cl)c2c(C)c1-c1ccncc1. The van der Waals surface area contributed by atoms with E-state index in [1.54, 1.807) is 12.4 Å². The summed E-state index contributed by atoms with van der Waals surface area (Å²) in [6.07, 6.45) is 4.49. The molecule has 0 saturated heterocycles. The molecule has 4 nitrogen and oxygen atoms in total. The summed E-state index contributed by atoms with van der Waals surface area (Å²) in [6, 6.07) is 15.6. The van der Waals surface area contributed by atoms with E-state index in [1.165, 1.54) is 0 Å². The third-order valence-electron chi connectivity index (χ3n) is 6.42. The Labute approximate surface area is 205 Å². The maximum atomic E-state index is 13.2. The number of carbonyl (C=O) groups excluding carboxylic acids is 1. The largest absolute Gasteiger partial charge is 0.396 e. The van der Waals surface area contributed by atoms with Gasteiger partial charge in [-0.2, -0.15) is 0 Å². The topological polar surface area (TPSA) is 63.1 Å². The van der Waals surface area contributed by atoms with E-state index in [2.05, 4.69) is 18.8 Å². The van der Waals surface area contributed by atoms with E-state index in [0.717, 1.165) is 44.3 Å². The summed E-state index contributed by atoms with van der Waals surface area (Å²) in [6.45, 7) is 8.11. The molecule has 0 amide bonds. The summed E-state index contributed by atoms with van der Waals surface area (Å²) < 4.78 is 0. The van der Waals surface area contributed by atoms with Gasteiger partial charge in [-0.1, -0.05) is 43.6 Å². The lowest BCUT2D eigenvalue weighted by molar-refractivity contribution is 0.0929. The van der Waals surface area contributed by atoms with Crippen molar-refractivity contribution in [2.45, 2.75) is 40.5 Å². The number of pyridine rings is 2. The maximum absolute atomic E-state index is 13.2. The molecule has 0 aliphatic carbocycles. The Bertz CT molecular complexity index is 1360. The molecule has 34 heavy (non-hydrogen) atoms. The molecule has 0 fully saturated rings. The zero-order valence-electron chi connectivity index (χ0n) is 20.0. The minimum atomic E-state index is -0.315. The second-order valence-corrected chi connectivity index (χ2v) is 10.0. The number of aryl methyl sites for hydroxylation is 2. The normalized spacial score (nSPS) is 11.7. The summed E-state index contributed by atoms with van der Waals surface area (Å²) in [4.78, 5) is 22.2. The molecule has 0 bridgehead atoms. The van der Waals surface area contributed by atoms with E-state index in [0.29, 0.717) is 23.6 Å². The zero-order valence-corrected chi connectivity index (χ0v) is 20.8. The number of aromatic nitrogens is 2. The maximum Gasteiger partial charge on any atom is 0.181 e.